The lowest BCUT2D eigenvalue weighted by molar-refractivity contribution is -0.117. The minimum Gasteiger partial charge on any atom is -0.377 e. The van der Waals surface area contributed by atoms with Crippen LogP contribution in [0.2, 0.25) is 0 Å². The second kappa shape index (κ2) is 4.44. The molecule has 108 valence electrons. The first-order chi connectivity index (χ1) is 9.16. The van der Waals surface area contributed by atoms with E-state index in [9.17, 15) is 0 Å². The molecule has 4 fully saturated rings. The summed E-state index contributed by atoms with van der Waals surface area (Å²) >= 11 is 0. The van der Waals surface area contributed by atoms with Gasteiger partial charge in [0, 0.05) is 36.1 Å². The molecule has 3 nitrogen and oxygen atoms in total. The molecule has 3 aliphatic heterocycles. The first kappa shape index (κ1) is 12.6. The summed E-state index contributed by atoms with van der Waals surface area (Å²) in [6, 6.07) is 2.33. The van der Waals surface area contributed by atoms with Crippen LogP contribution < -0.4 is 5.32 Å². The van der Waals surface area contributed by atoms with Gasteiger partial charge in [0.1, 0.15) is 0 Å². The third-order valence-electron chi connectivity index (χ3n) is 6.34. The summed E-state index contributed by atoms with van der Waals surface area (Å²) < 4.78 is 5.91. The van der Waals surface area contributed by atoms with E-state index in [0.29, 0.717) is 17.6 Å². The standard InChI is InChI=1S/C16H28N2O/c1-16(2)14(13-6-9-19-15(13)16)17-11-5-8-18-7-3-4-12(18)10-11/h11-15,17H,3-10H2,1-2H3. The molecule has 0 spiro atoms. The average molecular weight is 264 g/mol. The van der Waals surface area contributed by atoms with Gasteiger partial charge in [0.05, 0.1) is 6.10 Å². The number of fused-ring (bicyclic) bond motifs is 2. The van der Waals surface area contributed by atoms with E-state index in [-0.39, 0.29) is 0 Å². The summed E-state index contributed by atoms with van der Waals surface area (Å²) in [7, 11) is 0. The fraction of sp³-hybridized carbons (Fsp3) is 1.00. The number of hydrogen-bond acceptors (Lipinski definition) is 3. The second-order valence-electron chi connectivity index (χ2n) is 7.76. The third-order valence-corrected chi connectivity index (χ3v) is 6.34. The summed E-state index contributed by atoms with van der Waals surface area (Å²) in [4.78, 5) is 2.71. The molecule has 0 aromatic heterocycles. The van der Waals surface area contributed by atoms with Gasteiger partial charge in [0.25, 0.3) is 0 Å². The van der Waals surface area contributed by atoms with Gasteiger partial charge in [0.15, 0.2) is 0 Å². The van der Waals surface area contributed by atoms with Crippen molar-refractivity contribution >= 4 is 0 Å². The lowest BCUT2D eigenvalue weighted by Gasteiger charge is -2.56. The van der Waals surface area contributed by atoms with Gasteiger partial charge < -0.3 is 15.0 Å². The van der Waals surface area contributed by atoms with Gasteiger partial charge in [-0.05, 0) is 45.2 Å². The maximum Gasteiger partial charge on any atom is 0.0685 e. The normalized spacial score (nSPS) is 48.6. The van der Waals surface area contributed by atoms with E-state index >= 15 is 0 Å². The Morgan fingerprint density at radius 1 is 1.16 bits per heavy atom. The molecule has 3 heteroatoms. The average Bonchev–Trinajstić information content (AvgIpc) is 3.03. The monoisotopic (exact) mass is 264 g/mol. The molecule has 3 heterocycles. The Bertz CT molecular complexity index is 357. The first-order valence-electron chi connectivity index (χ1n) is 8.28. The van der Waals surface area contributed by atoms with Gasteiger partial charge in [-0.1, -0.05) is 13.8 Å². The number of nitrogens with zero attached hydrogens (tertiary/aromatic N) is 1. The number of nitrogens with one attached hydrogen (secondary N) is 1. The number of piperidine rings is 1. The van der Waals surface area contributed by atoms with Crippen molar-refractivity contribution < 1.29 is 4.74 Å². The Balaban J connectivity index is 1.39. The zero-order chi connectivity index (χ0) is 13.0. The van der Waals surface area contributed by atoms with Gasteiger partial charge in [0.2, 0.25) is 0 Å². The minimum atomic E-state index is 0.341. The van der Waals surface area contributed by atoms with Crippen LogP contribution in [-0.4, -0.2) is 48.8 Å². The fourth-order valence-corrected chi connectivity index (χ4v) is 5.29. The van der Waals surface area contributed by atoms with Gasteiger partial charge in [-0.3, -0.25) is 0 Å². The maximum atomic E-state index is 5.91. The minimum absolute atomic E-state index is 0.341. The smallest absolute Gasteiger partial charge is 0.0685 e. The van der Waals surface area contributed by atoms with Crippen LogP contribution >= 0.6 is 0 Å². The molecule has 0 amide bonds. The lowest BCUT2D eigenvalue weighted by Crippen LogP contribution is -2.68. The Kier molecular flexibility index (Phi) is 2.95. The molecular formula is C16H28N2O. The molecule has 0 radical (unpaired) electrons. The first-order valence-corrected chi connectivity index (χ1v) is 8.28. The zero-order valence-electron chi connectivity index (χ0n) is 12.4. The highest BCUT2D eigenvalue weighted by atomic mass is 16.5. The predicted octanol–water partition coefficient (Wildman–Crippen LogP) is 2.02. The molecule has 0 bridgehead atoms. The number of ether oxygens (including phenoxy) is 1. The molecule has 0 aromatic carbocycles. The van der Waals surface area contributed by atoms with Crippen molar-refractivity contribution in [2.24, 2.45) is 11.3 Å². The Hall–Kier alpha value is -0.120. The molecule has 4 aliphatic rings. The zero-order valence-corrected chi connectivity index (χ0v) is 12.4. The summed E-state index contributed by atoms with van der Waals surface area (Å²) in [5.41, 5.74) is 0.341. The van der Waals surface area contributed by atoms with E-state index in [2.05, 4.69) is 24.1 Å². The number of rotatable bonds is 2. The van der Waals surface area contributed by atoms with E-state index in [1.54, 1.807) is 0 Å². The Morgan fingerprint density at radius 3 is 2.95 bits per heavy atom. The van der Waals surface area contributed by atoms with E-state index in [0.717, 1.165) is 24.6 Å². The highest BCUT2D eigenvalue weighted by Gasteiger charge is 2.59. The molecule has 1 saturated carbocycles. The largest absolute Gasteiger partial charge is 0.377 e. The molecular weight excluding hydrogens is 236 g/mol. The van der Waals surface area contributed by atoms with Crippen LogP contribution in [0.3, 0.4) is 0 Å². The van der Waals surface area contributed by atoms with Crippen LogP contribution in [0.25, 0.3) is 0 Å². The van der Waals surface area contributed by atoms with Crippen molar-refractivity contribution in [3.8, 4) is 0 Å². The lowest BCUT2D eigenvalue weighted by atomic mass is 9.57. The molecule has 19 heavy (non-hydrogen) atoms. The predicted molar refractivity (Wildman–Crippen MR) is 76.2 cm³/mol. The van der Waals surface area contributed by atoms with Crippen molar-refractivity contribution in [2.45, 2.75) is 70.2 Å². The maximum absolute atomic E-state index is 5.91. The van der Waals surface area contributed by atoms with Crippen molar-refractivity contribution in [1.82, 2.24) is 10.2 Å². The second-order valence-corrected chi connectivity index (χ2v) is 7.76. The highest BCUT2D eigenvalue weighted by molar-refractivity contribution is 5.12. The molecule has 5 unspecified atom stereocenters. The van der Waals surface area contributed by atoms with Gasteiger partial charge in [-0.2, -0.15) is 0 Å². The quantitative estimate of drug-likeness (QED) is 0.826. The van der Waals surface area contributed by atoms with E-state index in [1.807, 2.05) is 0 Å². The Morgan fingerprint density at radius 2 is 2.05 bits per heavy atom. The van der Waals surface area contributed by atoms with Crippen LogP contribution in [0.15, 0.2) is 0 Å². The highest BCUT2D eigenvalue weighted by Crippen LogP contribution is 2.52. The number of hydrogen-bond donors (Lipinski definition) is 1. The van der Waals surface area contributed by atoms with Crippen LogP contribution in [0.1, 0.15) is 46.0 Å². The van der Waals surface area contributed by atoms with Crippen molar-refractivity contribution in [3.63, 3.8) is 0 Å². The van der Waals surface area contributed by atoms with Crippen LogP contribution in [0.5, 0.6) is 0 Å². The topological polar surface area (TPSA) is 24.5 Å². The summed E-state index contributed by atoms with van der Waals surface area (Å²) in [5, 5.41) is 4.02. The summed E-state index contributed by atoms with van der Waals surface area (Å²) in [6.45, 7) is 8.44. The summed E-state index contributed by atoms with van der Waals surface area (Å²) in [5.74, 6) is 0.789. The molecule has 1 N–H and O–H groups in total. The van der Waals surface area contributed by atoms with E-state index < -0.39 is 0 Å². The van der Waals surface area contributed by atoms with Crippen molar-refractivity contribution in [1.29, 1.82) is 0 Å². The van der Waals surface area contributed by atoms with Gasteiger partial charge in [-0.15, -0.1) is 0 Å². The van der Waals surface area contributed by atoms with Crippen LogP contribution in [0, 0.1) is 11.3 Å². The third kappa shape index (κ3) is 1.89. The molecule has 1 aliphatic carbocycles. The SMILES string of the molecule is CC1(C)C(NC2CCN3CCCC3C2)C2CCOC21. The van der Waals surface area contributed by atoms with E-state index in [4.69, 9.17) is 4.74 Å². The summed E-state index contributed by atoms with van der Waals surface area (Å²) in [6.07, 6.45) is 7.38. The van der Waals surface area contributed by atoms with Crippen molar-refractivity contribution in [3.05, 3.63) is 0 Å². The van der Waals surface area contributed by atoms with Gasteiger partial charge >= 0.3 is 0 Å². The van der Waals surface area contributed by atoms with Crippen LogP contribution in [-0.2, 0) is 4.74 Å². The van der Waals surface area contributed by atoms with E-state index in [1.165, 1.54) is 45.2 Å². The fourth-order valence-electron chi connectivity index (χ4n) is 5.29. The van der Waals surface area contributed by atoms with Crippen LogP contribution in [0.4, 0.5) is 0 Å². The van der Waals surface area contributed by atoms with Crippen molar-refractivity contribution in [2.75, 3.05) is 19.7 Å². The molecule has 3 saturated heterocycles. The molecule has 0 aromatic rings. The van der Waals surface area contributed by atoms with Gasteiger partial charge in [-0.25, -0.2) is 0 Å². The Labute approximate surface area is 117 Å². The molecule has 4 rings (SSSR count). The molecule has 5 atom stereocenters.